The van der Waals surface area contributed by atoms with Gasteiger partial charge in [0, 0.05) is 51.2 Å². The summed E-state index contributed by atoms with van der Waals surface area (Å²) >= 11 is 0. The molecule has 0 spiro atoms. The van der Waals surface area contributed by atoms with Crippen LogP contribution in [-0.2, 0) is 0 Å². The maximum Gasteiger partial charge on any atom is 0.225 e. The minimum atomic E-state index is 0.250. The third-order valence-corrected chi connectivity index (χ3v) is 2.75. The van der Waals surface area contributed by atoms with Gasteiger partial charge in [0.1, 0.15) is 0 Å². The Morgan fingerprint density at radius 1 is 1.25 bits per heavy atom. The highest BCUT2D eigenvalue weighted by molar-refractivity contribution is 5.29. The molecule has 16 heavy (non-hydrogen) atoms. The van der Waals surface area contributed by atoms with Gasteiger partial charge in [-0.25, -0.2) is 9.97 Å². The van der Waals surface area contributed by atoms with E-state index < -0.39 is 0 Å². The van der Waals surface area contributed by atoms with E-state index in [-0.39, 0.29) is 6.04 Å². The molecule has 2 heterocycles. The summed E-state index contributed by atoms with van der Waals surface area (Å²) in [5, 5.41) is 0. The summed E-state index contributed by atoms with van der Waals surface area (Å²) in [6.07, 6.45) is 3.58. The average Bonchev–Trinajstić information content (AvgIpc) is 2.30. The number of piperazine rings is 1. The monoisotopic (exact) mass is 221 g/mol. The number of hydrogen-bond donors (Lipinski definition) is 1. The summed E-state index contributed by atoms with van der Waals surface area (Å²) in [4.78, 5) is 13.1. The Hall–Kier alpha value is -1.20. The van der Waals surface area contributed by atoms with E-state index in [9.17, 15) is 0 Å². The molecule has 1 aromatic rings. The number of rotatable bonds is 3. The predicted molar refractivity (Wildman–Crippen MR) is 64.3 cm³/mol. The van der Waals surface area contributed by atoms with Crippen LogP contribution >= 0.6 is 0 Å². The molecule has 5 nitrogen and oxygen atoms in total. The van der Waals surface area contributed by atoms with Crippen molar-refractivity contribution in [2.75, 3.05) is 37.6 Å². The normalized spacial score (nSPS) is 19.8. The van der Waals surface area contributed by atoms with Crippen molar-refractivity contribution in [1.29, 1.82) is 0 Å². The van der Waals surface area contributed by atoms with E-state index in [2.05, 4.69) is 19.8 Å². The van der Waals surface area contributed by atoms with Crippen molar-refractivity contribution in [1.82, 2.24) is 14.9 Å². The van der Waals surface area contributed by atoms with Gasteiger partial charge in [0.05, 0.1) is 0 Å². The molecular formula is C11H19N5. The van der Waals surface area contributed by atoms with Crippen LogP contribution in [0.5, 0.6) is 0 Å². The van der Waals surface area contributed by atoms with Crippen LogP contribution in [0.2, 0.25) is 0 Å². The largest absolute Gasteiger partial charge is 0.338 e. The Morgan fingerprint density at radius 3 is 2.44 bits per heavy atom. The Bertz CT molecular complexity index is 305. The highest BCUT2D eigenvalue weighted by Crippen LogP contribution is 2.09. The average molecular weight is 221 g/mol. The Morgan fingerprint density at radius 2 is 1.88 bits per heavy atom. The predicted octanol–water partition coefficient (Wildman–Crippen LogP) is -0.0542. The molecule has 0 bridgehead atoms. The van der Waals surface area contributed by atoms with Crippen LogP contribution in [0.3, 0.4) is 0 Å². The first kappa shape index (κ1) is 11.3. The maximum atomic E-state index is 5.79. The van der Waals surface area contributed by atoms with Gasteiger partial charge in [-0.1, -0.05) is 0 Å². The van der Waals surface area contributed by atoms with Gasteiger partial charge in [0.25, 0.3) is 0 Å². The van der Waals surface area contributed by atoms with E-state index in [1.807, 2.05) is 13.0 Å². The second kappa shape index (κ2) is 5.23. The molecule has 5 heteroatoms. The lowest BCUT2D eigenvalue weighted by Crippen LogP contribution is -2.49. The van der Waals surface area contributed by atoms with Crippen molar-refractivity contribution in [2.45, 2.75) is 13.0 Å². The van der Waals surface area contributed by atoms with Crippen LogP contribution in [0.25, 0.3) is 0 Å². The molecule has 1 aromatic heterocycles. The highest BCUT2D eigenvalue weighted by Gasteiger charge is 2.18. The first-order valence-electron chi connectivity index (χ1n) is 5.75. The lowest BCUT2D eigenvalue weighted by Gasteiger charge is -2.35. The molecule has 88 valence electrons. The van der Waals surface area contributed by atoms with Gasteiger partial charge >= 0.3 is 0 Å². The molecule has 0 unspecified atom stereocenters. The summed E-state index contributed by atoms with van der Waals surface area (Å²) in [5.41, 5.74) is 5.79. The fourth-order valence-electron chi connectivity index (χ4n) is 1.99. The SMILES string of the molecule is C[C@@H](N)CN1CCN(c2ncccn2)CC1. The molecule has 2 rings (SSSR count). The Kier molecular flexibility index (Phi) is 3.69. The minimum Gasteiger partial charge on any atom is -0.338 e. The summed E-state index contributed by atoms with van der Waals surface area (Å²) in [6, 6.07) is 2.09. The molecule has 1 fully saturated rings. The molecule has 1 aliphatic rings. The zero-order valence-corrected chi connectivity index (χ0v) is 9.71. The molecule has 1 aliphatic heterocycles. The van der Waals surface area contributed by atoms with Gasteiger partial charge in [-0.15, -0.1) is 0 Å². The van der Waals surface area contributed by atoms with E-state index in [0.717, 1.165) is 38.7 Å². The van der Waals surface area contributed by atoms with Crippen LogP contribution in [-0.4, -0.2) is 53.6 Å². The molecule has 0 saturated carbocycles. The van der Waals surface area contributed by atoms with Gasteiger partial charge in [0.15, 0.2) is 0 Å². The molecule has 0 amide bonds. The van der Waals surface area contributed by atoms with Gasteiger partial charge < -0.3 is 10.6 Å². The number of aromatic nitrogens is 2. The fraction of sp³-hybridized carbons (Fsp3) is 0.636. The van der Waals surface area contributed by atoms with Gasteiger partial charge in [-0.05, 0) is 13.0 Å². The lowest BCUT2D eigenvalue weighted by atomic mass is 10.2. The maximum absolute atomic E-state index is 5.79. The summed E-state index contributed by atoms with van der Waals surface area (Å²) in [5.74, 6) is 0.836. The summed E-state index contributed by atoms with van der Waals surface area (Å²) in [7, 11) is 0. The second-order valence-corrected chi connectivity index (χ2v) is 4.31. The molecule has 0 aromatic carbocycles. The zero-order chi connectivity index (χ0) is 11.4. The number of nitrogens with two attached hydrogens (primary N) is 1. The molecule has 0 radical (unpaired) electrons. The second-order valence-electron chi connectivity index (χ2n) is 4.31. The summed E-state index contributed by atoms with van der Waals surface area (Å²) in [6.45, 7) is 7.07. The third-order valence-electron chi connectivity index (χ3n) is 2.75. The van der Waals surface area contributed by atoms with Crippen molar-refractivity contribution < 1.29 is 0 Å². The molecule has 0 aliphatic carbocycles. The third kappa shape index (κ3) is 2.90. The number of hydrogen-bond acceptors (Lipinski definition) is 5. The van der Waals surface area contributed by atoms with E-state index in [4.69, 9.17) is 5.73 Å². The number of anilines is 1. The van der Waals surface area contributed by atoms with Crippen molar-refractivity contribution in [3.05, 3.63) is 18.5 Å². The van der Waals surface area contributed by atoms with Gasteiger partial charge in [-0.2, -0.15) is 0 Å². The molecule has 1 atom stereocenters. The Balaban J connectivity index is 1.86. The van der Waals surface area contributed by atoms with Crippen molar-refractivity contribution in [3.63, 3.8) is 0 Å². The van der Waals surface area contributed by atoms with Crippen LogP contribution in [0.15, 0.2) is 18.5 Å². The van der Waals surface area contributed by atoms with Crippen LogP contribution in [0, 0.1) is 0 Å². The minimum absolute atomic E-state index is 0.250. The molecular weight excluding hydrogens is 202 g/mol. The van der Waals surface area contributed by atoms with Crippen LogP contribution in [0.1, 0.15) is 6.92 Å². The molecule has 1 saturated heterocycles. The summed E-state index contributed by atoms with van der Waals surface area (Å²) < 4.78 is 0. The standard InChI is InChI=1S/C11H19N5/c1-10(12)9-15-5-7-16(8-6-15)11-13-3-2-4-14-11/h2-4,10H,5-9,12H2,1H3/t10-/m1/s1. The van der Waals surface area contributed by atoms with Gasteiger partial charge in [0.2, 0.25) is 5.95 Å². The first-order valence-corrected chi connectivity index (χ1v) is 5.75. The number of nitrogens with zero attached hydrogens (tertiary/aromatic N) is 4. The smallest absolute Gasteiger partial charge is 0.225 e. The van der Waals surface area contributed by atoms with Crippen LogP contribution in [0.4, 0.5) is 5.95 Å². The van der Waals surface area contributed by atoms with E-state index in [1.165, 1.54) is 0 Å². The van der Waals surface area contributed by atoms with Crippen LogP contribution < -0.4 is 10.6 Å². The van der Waals surface area contributed by atoms with E-state index in [0.29, 0.717) is 0 Å². The zero-order valence-electron chi connectivity index (χ0n) is 9.71. The van der Waals surface area contributed by atoms with Crippen molar-refractivity contribution >= 4 is 5.95 Å². The first-order chi connectivity index (χ1) is 7.75. The van der Waals surface area contributed by atoms with Crippen molar-refractivity contribution in [2.24, 2.45) is 5.73 Å². The topological polar surface area (TPSA) is 58.3 Å². The molecule has 2 N–H and O–H groups in total. The highest BCUT2D eigenvalue weighted by atomic mass is 15.3. The van der Waals surface area contributed by atoms with Gasteiger partial charge in [-0.3, -0.25) is 4.90 Å². The quantitative estimate of drug-likeness (QED) is 0.775. The lowest BCUT2D eigenvalue weighted by molar-refractivity contribution is 0.245. The van der Waals surface area contributed by atoms with E-state index >= 15 is 0 Å². The fourth-order valence-corrected chi connectivity index (χ4v) is 1.99. The van der Waals surface area contributed by atoms with Crippen molar-refractivity contribution in [3.8, 4) is 0 Å². The Labute approximate surface area is 96.3 Å². The van der Waals surface area contributed by atoms with E-state index in [1.54, 1.807) is 12.4 Å².